The Morgan fingerprint density at radius 3 is 3.00 bits per heavy atom. The van der Waals surface area contributed by atoms with Crippen molar-refractivity contribution in [2.45, 2.75) is 45.1 Å². The number of piperidine rings is 1. The van der Waals surface area contributed by atoms with Crippen molar-refractivity contribution in [2.75, 3.05) is 18.4 Å². The van der Waals surface area contributed by atoms with Gasteiger partial charge < -0.3 is 10.6 Å². The highest BCUT2D eigenvalue weighted by molar-refractivity contribution is 5.91. The van der Waals surface area contributed by atoms with Gasteiger partial charge in [-0.25, -0.2) is 0 Å². The van der Waals surface area contributed by atoms with E-state index in [1.165, 1.54) is 6.42 Å². The molecule has 1 saturated heterocycles. The summed E-state index contributed by atoms with van der Waals surface area (Å²) in [6.45, 7) is 4.69. The third-order valence-corrected chi connectivity index (χ3v) is 4.51. The molecule has 0 spiro atoms. The van der Waals surface area contributed by atoms with E-state index in [0.717, 1.165) is 42.9 Å². The van der Waals surface area contributed by atoms with Gasteiger partial charge in [-0.1, -0.05) is 30.3 Å². The normalized spacial score (nSPS) is 16.9. The number of carbonyl (C=O) groups excluding carboxylic acids is 1. The number of halogens is 1. The minimum absolute atomic E-state index is 0. The molecule has 6 nitrogen and oxygen atoms in total. The molecule has 1 aliphatic heterocycles. The molecule has 136 valence electrons. The van der Waals surface area contributed by atoms with Crippen molar-refractivity contribution in [2.24, 2.45) is 0 Å². The summed E-state index contributed by atoms with van der Waals surface area (Å²) in [5.74, 6) is 0.449. The van der Waals surface area contributed by atoms with Crippen LogP contribution in [0.2, 0.25) is 0 Å². The molecule has 0 radical (unpaired) electrons. The average Bonchev–Trinajstić information content (AvgIpc) is 3.10. The van der Waals surface area contributed by atoms with Crippen LogP contribution >= 0.6 is 12.4 Å². The van der Waals surface area contributed by atoms with Crippen LogP contribution in [-0.4, -0.2) is 34.0 Å². The Morgan fingerprint density at radius 1 is 1.40 bits per heavy atom. The topological polar surface area (TPSA) is 71.8 Å². The Morgan fingerprint density at radius 2 is 2.24 bits per heavy atom. The van der Waals surface area contributed by atoms with Crippen molar-refractivity contribution >= 4 is 24.0 Å². The molecule has 1 unspecified atom stereocenters. The van der Waals surface area contributed by atoms with Crippen LogP contribution in [0.3, 0.4) is 0 Å². The standard InChI is InChI=1S/C18H25N5O.ClH/c1-2-14-6-3-4-8-16(14)20-18(24)9-11-23-13-17(21-22-23)15-7-5-10-19-12-15;/h3-4,6,8,13,15,19H,2,5,7,9-12H2,1H3,(H,20,24);1H. The first-order valence-corrected chi connectivity index (χ1v) is 8.74. The molecule has 2 heterocycles. The molecule has 2 aromatic rings. The quantitative estimate of drug-likeness (QED) is 0.827. The van der Waals surface area contributed by atoms with Gasteiger partial charge in [-0.05, 0) is 37.4 Å². The Bertz CT molecular complexity index is 682. The molecule has 0 bridgehead atoms. The van der Waals surface area contributed by atoms with Crippen LogP contribution in [0.15, 0.2) is 30.5 Å². The molecule has 2 N–H and O–H groups in total. The lowest BCUT2D eigenvalue weighted by Gasteiger charge is -2.20. The van der Waals surface area contributed by atoms with Crippen LogP contribution in [0.1, 0.15) is 43.4 Å². The first kappa shape index (κ1) is 19.4. The van der Waals surface area contributed by atoms with Gasteiger partial charge in [0.05, 0.1) is 12.2 Å². The number of anilines is 1. The maximum absolute atomic E-state index is 12.2. The number of aromatic nitrogens is 3. The molecule has 1 aliphatic rings. The summed E-state index contributed by atoms with van der Waals surface area (Å²) in [6.07, 6.45) is 5.60. The predicted molar refractivity (Wildman–Crippen MR) is 101 cm³/mol. The molecule has 1 amide bonds. The third kappa shape index (κ3) is 5.28. The van der Waals surface area contributed by atoms with Gasteiger partial charge in [0, 0.05) is 30.8 Å². The van der Waals surface area contributed by atoms with Gasteiger partial charge in [0.15, 0.2) is 0 Å². The smallest absolute Gasteiger partial charge is 0.226 e. The Hall–Kier alpha value is -1.92. The summed E-state index contributed by atoms with van der Waals surface area (Å²) < 4.78 is 1.77. The number of rotatable bonds is 6. The molecule has 1 fully saturated rings. The molecule has 1 aromatic heterocycles. The molecule has 3 rings (SSSR count). The molecule has 0 aliphatic carbocycles. The fraction of sp³-hybridized carbons (Fsp3) is 0.500. The van der Waals surface area contributed by atoms with E-state index < -0.39 is 0 Å². The molecule has 0 saturated carbocycles. The van der Waals surface area contributed by atoms with Crippen LogP contribution in [0.25, 0.3) is 0 Å². The number of nitrogens with one attached hydrogen (secondary N) is 2. The predicted octanol–water partition coefficient (Wildman–Crippen LogP) is 2.76. The van der Waals surface area contributed by atoms with Crippen LogP contribution < -0.4 is 10.6 Å². The number of nitrogens with zero attached hydrogens (tertiary/aromatic N) is 3. The number of amides is 1. The summed E-state index contributed by atoms with van der Waals surface area (Å²) in [6, 6.07) is 7.92. The molecule has 1 atom stereocenters. The Labute approximate surface area is 154 Å². The van der Waals surface area contributed by atoms with Crippen molar-refractivity contribution in [3.05, 3.63) is 41.7 Å². The van der Waals surface area contributed by atoms with Crippen molar-refractivity contribution < 1.29 is 4.79 Å². The second-order valence-corrected chi connectivity index (χ2v) is 6.26. The number of benzene rings is 1. The fourth-order valence-corrected chi connectivity index (χ4v) is 3.09. The van der Waals surface area contributed by atoms with Crippen molar-refractivity contribution in [3.8, 4) is 0 Å². The minimum atomic E-state index is 0. The SMILES string of the molecule is CCc1ccccc1NC(=O)CCn1cc(C2CCCNC2)nn1.Cl. The highest BCUT2D eigenvalue weighted by Crippen LogP contribution is 2.20. The van der Waals surface area contributed by atoms with Gasteiger partial charge in [0.2, 0.25) is 5.91 Å². The van der Waals surface area contributed by atoms with Crippen LogP contribution in [0.4, 0.5) is 5.69 Å². The van der Waals surface area contributed by atoms with Crippen LogP contribution in [-0.2, 0) is 17.8 Å². The lowest BCUT2D eigenvalue weighted by molar-refractivity contribution is -0.116. The second kappa shape index (κ2) is 9.53. The molecular formula is C18H26ClN5O. The van der Waals surface area contributed by atoms with Crippen LogP contribution in [0, 0.1) is 0 Å². The van der Waals surface area contributed by atoms with E-state index in [4.69, 9.17) is 0 Å². The van der Waals surface area contributed by atoms with Crippen molar-refractivity contribution in [3.63, 3.8) is 0 Å². The van der Waals surface area contributed by atoms with Crippen LogP contribution in [0.5, 0.6) is 0 Å². The maximum Gasteiger partial charge on any atom is 0.226 e. The van der Waals surface area contributed by atoms with Gasteiger partial charge in [0.25, 0.3) is 0 Å². The summed E-state index contributed by atoms with van der Waals surface area (Å²) >= 11 is 0. The lowest BCUT2D eigenvalue weighted by Crippen LogP contribution is -2.28. The van der Waals surface area contributed by atoms with Gasteiger partial charge >= 0.3 is 0 Å². The molecular weight excluding hydrogens is 338 g/mol. The number of carbonyl (C=O) groups is 1. The second-order valence-electron chi connectivity index (χ2n) is 6.26. The summed E-state index contributed by atoms with van der Waals surface area (Å²) in [7, 11) is 0. The van der Waals surface area contributed by atoms with E-state index in [-0.39, 0.29) is 18.3 Å². The van der Waals surface area contributed by atoms with E-state index >= 15 is 0 Å². The van der Waals surface area contributed by atoms with Crippen molar-refractivity contribution in [1.29, 1.82) is 0 Å². The zero-order valence-electron chi connectivity index (χ0n) is 14.6. The first-order valence-electron chi connectivity index (χ1n) is 8.74. The van der Waals surface area contributed by atoms with Gasteiger partial charge in [-0.2, -0.15) is 0 Å². The van der Waals surface area contributed by atoms with E-state index in [1.807, 2.05) is 30.5 Å². The highest BCUT2D eigenvalue weighted by atomic mass is 35.5. The zero-order chi connectivity index (χ0) is 16.8. The lowest BCUT2D eigenvalue weighted by atomic mass is 9.97. The Kier molecular flexibility index (Phi) is 7.40. The molecule has 25 heavy (non-hydrogen) atoms. The highest BCUT2D eigenvalue weighted by Gasteiger charge is 2.18. The number of para-hydroxylation sites is 1. The first-order chi connectivity index (χ1) is 11.8. The van der Waals surface area contributed by atoms with E-state index in [2.05, 4.69) is 27.9 Å². The van der Waals surface area contributed by atoms with Gasteiger partial charge in [-0.3, -0.25) is 9.48 Å². The monoisotopic (exact) mass is 363 g/mol. The molecule has 1 aromatic carbocycles. The van der Waals surface area contributed by atoms with E-state index in [1.54, 1.807) is 4.68 Å². The zero-order valence-corrected chi connectivity index (χ0v) is 15.4. The number of hydrogen-bond acceptors (Lipinski definition) is 4. The minimum Gasteiger partial charge on any atom is -0.326 e. The largest absolute Gasteiger partial charge is 0.326 e. The van der Waals surface area contributed by atoms with Crippen molar-refractivity contribution in [1.82, 2.24) is 20.3 Å². The number of aryl methyl sites for hydroxylation is 2. The summed E-state index contributed by atoms with van der Waals surface area (Å²) in [5.41, 5.74) is 3.08. The Balaban J connectivity index is 0.00000225. The average molecular weight is 364 g/mol. The van der Waals surface area contributed by atoms with Gasteiger partial charge in [0.1, 0.15) is 0 Å². The molecule has 7 heteroatoms. The van der Waals surface area contributed by atoms with Gasteiger partial charge in [-0.15, -0.1) is 17.5 Å². The summed E-state index contributed by atoms with van der Waals surface area (Å²) in [4.78, 5) is 12.2. The van der Waals surface area contributed by atoms with E-state index in [0.29, 0.717) is 18.9 Å². The third-order valence-electron chi connectivity index (χ3n) is 4.51. The number of hydrogen-bond donors (Lipinski definition) is 2. The van der Waals surface area contributed by atoms with E-state index in [9.17, 15) is 4.79 Å². The summed E-state index contributed by atoms with van der Waals surface area (Å²) in [5, 5.41) is 14.8. The maximum atomic E-state index is 12.2. The fourth-order valence-electron chi connectivity index (χ4n) is 3.09.